The van der Waals surface area contributed by atoms with Gasteiger partial charge >= 0.3 is 24.8 Å². The number of rotatable bonds is 4. The molecule has 6 nitrogen and oxygen atoms in total. The smallest absolute Gasteiger partial charge is 0.394 e. The van der Waals surface area contributed by atoms with E-state index in [1.807, 2.05) is 5.32 Å². The van der Waals surface area contributed by atoms with Crippen molar-refractivity contribution in [2.75, 3.05) is 18.4 Å². The maximum Gasteiger partial charge on any atom is 0.394 e. The number of nitrogens with one attached hydrogen (secondary N) is 1. The number of carbonyl (C=O) groups is 2. The largest absolute Gasteiger partial charge is 0.481 e. The number of hydrogen-bond donors (Lipinski definition) is 2. The molecule has 1 saturated heterocycles. The number of alkyl halides is 5. The van der Waals surface area contributed by atoms with Crippen molar-refractivity contribution in [3.8, 4) is 5.75 Å². The zero-order chi connectivity index (χ0) is 19.6. The van der Waals surface area contributed by atoms with Crippen LogP contribution in [0.2, 0.25) is 0 Å². The van der Waals surface area contributed by atoms with Gasteiger partial charge < -0.3 is 20.1 Å². The number of carboxylic acid groups (broad SMARTS) is 1. The molecule has 26 heavy (non-hydrogen) atoms. The second-order valence-electron chi connectivity index (χ2n) is 5.45. The molecule has 2 N–H and O–H groups in total. The molecule has 0 aliphatic carbocycles. The summed E-state index contributed by atoms with van der Waals surface area (Å²) < 4.78 is 80.5. The summed E-state index contributed by atoms with van der Waals surface area (Å²) in [7, 11) is 0. The fourth-order valence-electron chi connectivity index (χ4n) is 2.52. The van der Waals surface area contributed by atoms with Gasteiger partial charge in [0.15, 0.2) is 0 Å². The molecule has 2 amide bonds. The molecule has 0 aromatic heterocycles. The molecule has 2 rings (SSSR count). The van der Waals surface area contributed by atoms with Crippen LogP contribution in [0.25, 0.3) is 0 Å². The number of nitrogens with zero attached hydrogens (tertiary/aromatic N) is 1. The molecule has 1 fully saturated rings. The van der Waals surface area contributed by atoms with E-state index in [9.17, 15) is 35.9 Å². The van der Waals surface area contributed by atoms with Gasteiger partial charge in [-0.3, -0.25) is 4.79 Å². The highest BCUT2D eigenvalue weighted by Crippen LogP contribution is 2.38. The van der Waals surface area contributed by atoms with Crippen molar-refractivity contribution < 1.29 is 45.8 Å². The lowest BCUT2D eigenvalue weighted by molar-refractivity contribution is -0.187. The van der Waals surface area contributed by atoms with Crippen LogP contribution >= 0.6 is 0 Å². The second kappa shape index (κ2) is 7.30. The Morgan fingerprint density at radius 3 is 2.38 bits per heavy atom. The van der Waals surface area contributed by atoms with E-state index >= 15 is 0 Å². The Morgan fingerprint density at radius 2 is 1.92 bits per heavy atom. The van der Waals surface area contributed by atoms with E-state index in [2.05, 4.69) is 4.74 Å². The number of aliphatic carboxylic acids is 1. The Bertz CT molecular complexity index is 697. The third kappa shape index (κ3) is 4.49. The number of carboxylic acids is 1. The van der Waals surface area contributed by atoms with Crippen molar-refractivity contribution in [2.45, 2.75) is 12.8 Å². The van der Waals surface area contributed by atoms with E-state index in [4.69, 9.17) is 5.11 Å². The summed E-state index contributed by atoms with van der Waals surface area (Å²) in [4.78, 5) is 23.6. The number of halogens is 6. The first-order valence-electron chi connectivity index (χ1n) is 7.09. The normalized spacial score (nSPS) is 20.3. The lowest BCUT2D eigenvalue weighted by Gasteiger charge is -2.19. The van der Waals surface area contributed by atoms with Gasteiger partial charge in [-0.25, -0.2) is 9.18 Å². The van der Waals surface area contributed by atoms with Gasteiger partial charge in [0.05, 0.1) is 17.5 Å². The number of carbonyl (C=O) groups excluding carboxylic acids is 1. The number of hydrogen-bond acceptors (Lipinski definition) is 3. The molecule has 2 atom stereocenters. The number of anilines is 1. The minimum absolute atomic E-state index is 0.487. The number of amides is 2. The second-order valence-corrected chi connectivity index (χ2v) is 5.45. The third-order valence-corrected chi connectivity index (χ3v) is 3.75. The molecule has 0 radical (unpaired) electrons. The Labute approximate surface area is 142 Å². The predicted molar refractivity (Wildman–Crippen MR) is 74.3 cm³/mol. The third-order valence-electron chi connectivity index (χ3n) is 3.75. The molecule has 0 unspecified atom stereocenters. The van der Waals surface area contributed by atoms with Crippen LogP contribution in [-0.2, 0) is 4.79 Å². The average Bonchev–Trinajstić information content (AvgIpc) is 2.95. The van der Waals surface area contributed by atoms with Gasteiger partial charge in [-0.1, -0.05) is 0 Å². The lowest BCUT2D eigenvalue weighted by atomic mass is 9.96. The molecule has 1 heterocycles. The highest BCUT2D eigenvalue weighted by atomic mass is 19.4. The monoisotopic (exact) mass is 386 g/mol. The molecule has 0 spiro atoms. The van der Waals surface area contributed by atoms with Gasteiger partial charge in [-0.05, 0) is 12.1 Å². The minimum Gasteiger partial charge on any atom is -0.481 e. The summed E-state index contributed by atoms with van der Waals surface area (Å²) in [5.41, 5.74) is -0.487. The van der Waals surface area contributed by atoms with Gasteiger partial charge in [0.2, 0.25) is 0 Å². The van der Waals surface area contributed by atoms with E-state index in [0.717, 1.165) is 12.1 Å². The van der Waals surface area contributed by atoms with Crippen LogP contribution < -0.4 is 10.1 Å². The predicted octanol–water partition coefficient (Wildman–Crippen LogP) is 3.15. The Kier molecular flexibility index (Phi) is 5.52. The summed E-state index contributed by atoms with van der Waals surface area (Å²) in [6.07, 6.45) is -4.82. The first kappa shape index (κ1) is 19.7. The Hall–Kier alpha value is -2.66. The van der Waals surface area contributed by atoms with Crippen LogP contribution in [0, 0.1) is 17.7 Å². The molecule has 144 valence electrons. The fraction of sp³-hybridized carbons (Fsp3) is 0.429. The number of urea groups is 1. The first-order valence-corrected chi connectivity index (χ1v) is 7.09. The van der Waals surface area contributed by atoms with Crippen LogP contribution in [0.4, 0.5) is 36.8 Å². The summed E-state index contributed by atoms with van der Waals surface area (Å²) in [5, 5.41) is 10.9. The topological polar surface area (TPSA) is 78.9 Å². The summed E-state index contributed by atoms with van der Waals surface area (Å²) in [5.74, 6) is -7.47. The summed E-state index contributed by atoms with van der Waals surface area (Å²) in [6, 6.07) is 1.22. The molecule has 1 aliphatic heterocycles. The highest BCUT2D eigenvalue weighted by molar-refractivity contribution is 5.90. The van der Waals surface area contributed by atoms with E-state index in [1.54, 1.807) is 0 Å². The van der Waals surface area contributed by atoms with Crippen LogP contribution in [0.3, 0.4) is 0 Å². The maximum absolute atomic E-state index is 13.8. The minimum atomic E-state index is -4.82. The molecular weight excluding hydrogens is 374 g/mol. The number of benzene rings is 1. The summed E-state index contributed by atoms with van der Waals surface area (Å²) in [6.45, 7) is -4.80. The van der Waals surface area contributed by atoms with E-state index < -0.39 is 67.0 Å². The molecule has 12 heteroatoms. The maximum atomic E-state index is 13.8. The molecular formula is C14H12F6N2O4. The van der Waals surface area contributed by atoms with E-state index in [0.29, 0.717) is 11.0 Å². The van der Waals surface area contributed by atoms with Crippen molar-refractivity contribution in [2.24, 2.45) is 11.8 Å². The van der Waals surface area contributed by atoms with Crippen molar-refractivity contribution in [1.82, 2.24) is 4.90 Å². The summed E-state index contributed by atoms with van der Waals surface area (Å²) >= 11 is 0. The van der Waals surface area contributed by atoms with Gasteiger partial charge in [-0.2, -0.15) is 22.0 Å². The van der Waals surface area contributed by atoms with Crippen molar-refractivity contribution in [3.63, 3.8) is 0 Å². The molecule has 0 saturated carbocycles. The van der Waals surface area contributed by atoms with E-state index in [1.165, 1.54) is 0 Å². The van der Waals surface area contributed by atoms with Gasteiger partial charge in [0, 0.05) is 19.2 Å². The quantitative estimate of drug-likeness (QED) is 0.780. The fourth-order valence-corrected chi connectivity index (χ4v) is 2.52. The number of ether oxygens (including phenoxy) is 1. The highest BCUT2D eigenvalue weighted by Gasteiger charge is 2.53. The SMILES string of the molecule is O=C(O)[C@@H]1CN(C(=O)Nc2ccc(OC(F)F)cc2F)C[C@H]1C(F)(F)F. The van der Waals surface area contributed by atoms with Crippen molar-refractivity contribution in [1.29, 1.82) is 0 Å². The Balaban J connectivity index is 2.09. The van der Waals surface area contributed by atoms with Crippen molar-refractivity contribution in [3.05, 3.63) is 24.0 Å². The van der Waals surface area contributed by atoms with E-state index in [-0.39, 0.29) is 0 Å². The molecule has 1 aromatic rings. The molecule has 1 aromatic carbocycles. The zero-order valence-corrected chi connectivity index (χ0v) is 12.8. The van der Waals surface area contributed by atoms with Gasteiger partial charge in [0.25, 0.3) is 0 Å². The first-order chi connectivity index (χ1) is 12.0. The molecule has 1 aliphatic rings. The van der Waals surface area contributed by atoms with Crippen molar-refractivity contribution >= 4 is 17.7 Å². The van der Waals surface area contributed by atoms with Crippen LogP contribution in [0.1, 0.15) is 0 Å². The average molecular weight is 386 g/mol. The lowest BCUT2D eigenvalue weighted by Crippen LogP contribution is -2.35. The van der Waals surface area contributed by atoms with Crippen LogP contribution in [0.5, 0.6) is 5.75 Å². The van der Waals surface area contributed by atoms with Gasteiger partial charge in [0.1, 0.15) is 11.6 Å². The standard InChI is InChI=1S/C14H12F6N2O4/c15-9-3-6(26-12(16)17)1-2-10(9)21-13(25)22-4-7(11(23)24)8(5-22)14(18,19)20/h1-3,7-8,12H,4-5H2,(H,21,25)(H,23,24)/t7-,8-/m1/s1. The Morgan fingerprint density at radius 1 is 1.27 bits per heavy atom. The number of likely N-dealkylation sites (tertiary alicyclic amines) is 1. The molecule has 0 bridgehead atoms. The zero-order valence-electron chi connectivity index (χ0n) is 12.8. The van der Waals surface area contributed by atoms with Crippen LogP contribution in [0.15, 0.2) is 18.2 Å². The van der Waals surface area contributed by atoms with Crippen LogP contribution in [-0.4, -0.2) is 47.9 Å². The van der Waals surface area contributed by atoms with Gasteiger partial charge in [-0.15, -0.1) is 0 Å².